The minimum absolute atomic E-state index is 0.0433. The van der Waals surface area contributed by atoms with E-state index in [0.717, 1.165) is 0 Å². The molecular formula is C19H22N8O3. The van der Waals surface area contributed by atoms with Crippen molar-refractivity contribution in [3.63, 3.8) is 0 Å². The van der Waals surface area contributed by atoms with E-state index in [0.29, 0.717) is 22.5 Å². The molecule has 1 aliphatic heterocycles. The van der Waals surface area contributed by atoms with Crippen LogP contribution in [0.5, 0.6) is 0 Å². The highest BCUT2D eigenvalue weighted by molar-refractivity contribution is 6.11. The Bertz CT molecular complexity index is 1070. The number of nitrogens with two attached hydrogens (primary N) is 3. The zero-order chi connectivity index (χ0) is 22.0. The molecule has 2 aromatic rings. The SMILES string of the molecule is CC1=C(C(=O)Nc2ccc(N)c(C(N)=NC(=O)c3ccco3)c2)CN(N)C(=N)N1C. The molecule has 0 unspecified atom stereocenters. The maximum Gasteiger partial charge on any atom is 0.314 e. The number of hydrazine groups is 1. The highest BCUT2D eigenvalue weighted by atomic mass is 16.3. The van der Waals surface area contributed by atoms with Gasteiger partial charge in [0.2, 0.25) is 5.96 Å². The van der Waals surface area contributed by atoms with Crippen LogP contribution in [-0.2, 0) is 4.79 Å². The van der Waals surface area contributed by atoms with Crippen molar-refractivity contribution in [1.82, 2.24) is 9.91 Å². The molecule has 2 amide bonds. The molecule has 0 aliphatic carbocycles. The number of furan rings is 1. The van der Waals surface area contributed by atoms with Gasteiger partial charge in [0.15, 0.2) is 5.76 Å². The Morgan fingerprint density at radius 3 is 2.70 bits per heavy atom. The Morgan fingerprint density at radius 2 is 2.03 bits per heavy atom. The van der Waals surface area contributed by atoms with Gasteiger partial charge in [0.1, 0.15) is 5.84 Å². The summed E-state index contributed by atoms with van der Waals surface area (Å²) in [5, 5.41) is 11.8. The third-order valence-corrected chi connectivity index (χ3v) is 4.67. The molecule has 1 aromatic heterocycles. The summed E-state index contributed by atoms with van der Waals surface area (Å²) in [7, 11) is 1.65. The fourth-order valence-electron chi connectivity index (χ4n) is 2.84. The Labute approximate surface area is 172 Å². The molecule has 0 spiro atoms. The van der Waals surface area contributed by atoms with Crippen molar-refractivity contribution < 1.29 is 14.0 Å². The number of carbonyl (C=O) groups is 2. The number of aliphatic imine (C=N–C) groups is 1. The molecule has 2 heterocycles. The summed E-state index contributed by atoms with van der Waals surface area (Å²) < 4.78 is 5.00. The molecule has 0 fully saturated rings. The van der Waals surface area contributed by atoms with Crippen molar-refractivity contribution in [3.8, 4) is 0 Å². The van der Waals surface area contributed by atoms with Gasteiger partial charge < -0.3 is 26.1 Å². The molecule has 11 nitrogen and oxygen atoms in total. The quantitative estimate of drug-likeness (QED) is 0.211. The normalized spacial score (nSPS) is 14.9. The first-order chi connectivity index (χ1) is 14.2. The molecule has 0 bridgehead atoms. The fraction of sp³-hybridized carbons (Fsp3) is 0.158. The fourth-order valence-corrected chi connectivity index (χ4v) is 2.84. The Hall–Kier alpha value is -4.12. The maximum absolute atomic E-state index is 12.8. The van der Waals surface area contributed by atoms with Gasteiger partial charge in [-0.25, -0.2) is 5.84 Å². The van der Waals surface area contributed by atoms with E-state index in [1.165, 1.54) is 28.3 Å². The lowest BCUT2D eigenvalue weighted by Crippen LogP contribution is -2.51. The van der Waals surface area contributed by atoms with E-state index < -0.39 is 5.91 Å². The lowest BCUT2D eigenvalue weighted by Gasteiger charge is -2.34. The predicted molar refractivity (Wildman–Crippen MR) is 112 cm³/mol. The lowest BCUT2D eigenvalue weighted by molar-refractivity contribution is -0.113. The molecule has 0 saturated carbocycles. The van der Waals surface area contributed by atoms with Crippen molar-refractivity contribution in [2.45, 2.75) is 6.92 Å². The van der Waals surface area contributed by atoms with Gasteiger partial charge in [-0.15, -0.1) is 0 Å². The second-order valence-electron chi connectivity index (χ2n) is 6.61. The average molecular weight is 410 g/mol. The number of nitrogens with zero attached hydrogens (tertiary/aromatic N) is 3. The first kappa shape index (κ1) is 20.6. The Balaban J connectivity index is 1.84. The highest BCUT2D eigenvalue weighted by Gasteiger charge is 2.27. The first-order valence-corrected chi connectivity index (χ1v) is 8.86. The Morgan fingerprint density at radius 1 is 1.30 bits per heavy atom. The largest absolute Gasteiger partial charge is 0.459 e. The summed E-state index contributed by atoms with van der Waals surface area (Å²) in [5.41, 5.74) is 13.9. The number of amidine groups is 1. The second-order valence-corrected chi connectivity index (χ2v) is 6.61. The van der Waals surface area contributed by atoms with E-state index in [-0.39, 0.29) is 35.7 Å². The first-order valence-electron chi connectivity index (χ1n) is 8.86. The number of rotatable bonds is 4. The number of hydrogen-bond acceptors (Lipinski definition) is 6. The summed E-state index contributed by atoms with van der Waals surface area (Å²) in [5.74, 6) is 4.77. The van der Waals surface area contributed by atoms with Gasteiger partial charge in [0.25, 0.3) is 5.91 Å². The molecule has 11 heteroatoms. The minimum atomic E-state index is -0.650. The molecule has 0 saturated heterocycles. The van der Waals surface area contributed by atoms with Crippen LogP contribution in [-0.4, -0.2) is 47.1 Å². The van der Waals surface area contributed by atoms with Crippen molar-refractivity contribution in [1.29, 1.82) is 5.41 Å². The van der Waals surface area contributed by atoms with Gasteiger partial charge in [-0.2, -0.15) is 4.99 Å². The number of amides is 2. The van der Waals surface area contributed by atoms with E-state index >= 15 is 0 Å². The summed E-state index contributed by atoms with van der Waals surface area (Å²) in [6, 6.07) is 7.70. The molecule has 8 N–H and O–H groups in total. The number of hydrogen-bond donors (Lipinski definition) is 5. The number of nitrogen functional groups attached to an aromatic ring is 1. The van der Waals surface area contributed by atoms with E-state index in [9.17, 15) is 9.59 Å². The standard InChI is InChI=1S/C19H22N8O3/c1-10-13(9-27(23)19(22)26(10)2)17(28)24-11-5-6-14(20)12(8-11)16(21)25-18(29)15-4-3-7-30-15/h3-8,22H,9,20,23H2,1-2H3,(H,24,28)(H2,21,25,29). The zero-order valence-corrected chi connectivity index (χ0v) is 16.5. The second kappa shape index (κ2) is 8.09. The van der Waals surface area contributed by atoms with Crippen molar-refractivity contribution in [2.75, 3.05) is 24.6 Å². The smallest absolute Gasteiger partial charge is 0.314 e. The van der Waals surface area contributed by atoms with E-state index in [1.807, 2.05) is 0 Å². The van der Waals surface area contributed by atoms with Crippen LogP contribution < -0.4 is 22.6 Å². The van der Waals surface area contributed by atoms with E-state index in [4.69, 9.17) is 27.1 Å². The number of anilines is 2. The van der Waals surface area contributed by atoms with Gasteiger partial charge in [-0.05, 0) is 37.3 Å². The molecule has 30 heavy (non-hydrogen) atoms. The third-order valence-electron chi connectivity index (χ3n) is 4.67. The van der Waals surface area contributed by atoms with Gasteiger partial charge in [0.05, 0.1) is 18.4 Å². The summed E-state index contributed by atoms with van der Waals surface area (Å²) in [6.45, 7) is 1.82. The average Bonchev–Trinajstić information content (AvgIpc) is 3.25. The van der Waals surface area contributed by atoms with Gasteiger partial charge in [-0.3, -0.25) is 20.0 Å². The number of nitrogens with one attached hydrogen (secondary N) is 2. The van der Waals surface area contributed by atoms with Gasteiger partial charge in [0, 0.05) is 29.7 Å². The van der Waals surface area contributed by atoms with Crippen molar-refractivity contribution in [3.05, 3.63) is 59.2 Å². The monoisotopic (exact) mass is 410 g/mol. The summed E-state index contributed by atoms with van der Waals surface area (Å²) in [4.78, 5) is 30.2. The van der Waals surface area contributed by atoms with Gasteiger partial charge in [-0.1, -0.05) is 0 Å². The van der Waals surface area contributed by atoms with Crippen LogP contribution in [0.2, 0.25) is 0 Å². The van der Waals surface area contributed by atoms with Crippen LogP contribution in [0.4, 0.5) is 11.4 Å². The topological polar surface area (TPSA) is 180 Å². The highest BCUT2D eigenvalue weighted by Crippen LogP contribution is 2.21. The molecule has 1 aromatic carbocycles. The van der Waals surface area contributed by atoms with Gasteiger partial charge >= 0.3 is 5.91 Å². The number of guanidine groups is 1. The van der Waals surface area contributed by atoms with Crippen LogP contribution >= 0.6 is 0 Å². The van der Waals surface area contributed by atoms with Crippen LogP contribution in [0.25, 0.3) is 0 Å². The van der Waals surface area contributed by atoms with E-state index in [1.54, 1.807) is 32.2 Å². The van der Waals surface area contributed by atoms with Crippen molar-refractivity contribution >= 4 is 35.0 Å². The molecule has 1 aliphatic rings. The maximum atomic E-state index is 12.8. The molecule has 0 radical (unpaired) electrons. The van der Waals surface area contributed by atoms with Crippen LogP contribution in [0.1, 0.15) is 23.0 Å². The van der Waals surface area contributed by atoms with Crippen LogP contribution in [0, 0.1) is 5.41 Å². The Kier molecular flexibility index (Phi) is 5.56. The molecule has 3 rings (SSSR count). The molecule has 156 valence electrons. The summed E-state index contributed by atoms with van der Waals surface area (Å²) in [6.07, 6.45) is 1.35. The van der Waals surface area contributed by atoms with Crippen LogP contribution in [0.15, 0.2) is 57.3 Å². The molecular weight excluding hydrogens is 388 g/mol. The number of carbonyl (C=O) groups excluding carboxylic acids is 2. The zero-order valence-electron chi connectivity index (χ0n) is 16.5. The van der Waals surface area contributed by atoms with Crippen LogP contribution in [0.3, 0.4) is 0 Å². The van der Waals surface area contributed by atoms with E-state index in [2.05, 4.69) is 10.3 Å². The minimum Gasteiger partial charge on any atom is -0.459 e. The molecule has 0 atom stereocenters. The predicted octanol–water partition coefficient (Wildman–Crippen LogP) is 0.676. The third kappa shape index (κ3) is 4.00. The number of benzene rings is 1. The van der Waals surface area contributed by atoms with Crippen molar-refractivity contribution in [2.24, 2.45) is 16.6 Å². The summed E-state index contributed by atoms with van der Waals surface area (Å²) >= 11 is 0. The lowest BCUT2D eigenvalue weighted by atomic mass is 10.1. The number of allylic oxidation sites excluding steroid dienone is 1.